The summed E-state index contributed by atoms with van der Waals surface area (Å²) in [4.78, 5) is 25.2. The van der Waals surface area contributed by atoms with Crippen LogP contribution in [0.1, 0.15) is 10.4 Å². The number of sulfonamides is 1. The molecule has 1 aromatic carbocycles. The number of phenolic OH excluding ortho intramolecular Hbond substituents is 1. The summed E-state index contributed by atoms with van der Waals surface area (Å²) in [5, 5.41) is 9.15. The van der Waals surface area contributed by atoms with Gasteiger partial charge in [-0.2, -0.15) is 4.31 Å². The van der Waals surface area contributed by atoms with E-state index in [0.29, 0.717) is 0 Å². The van der Waals surface area contributed by atoms with E-state index in [1.807, 2.05) is 0 Å². The number of esters is 1. The Balaban J connectivity index is 1.82. The van der Waals surface area contributed by atoms with Crippen molar-refractivity contribution in [3.8, 4) is 5.75 Å². The van der Waals surface area contributed by atoms with Crippen LogP contribution in [0.5, 0.6) is 5.75 Å². The first-order chi connectivity index (χ1) is 10.8. The van der Waals surface area contributed by atoms with Crippen LogP contribution in [0.3, 0.4) is 0 Å². The molecule has 1 aliphatic heterocycles. The summed E-state index contributed by atoms with van der Waals surface area (Å²) < 4.78 is 29.0. The third-order valence-corrected chi connectivity index (χ3v) is 4.79. The van der Waals surface area contributed by atoms with Crippen LogP contribution in [0.2, 0.25) is 0 Å². The molecule has 126 valence electrons. The number of piperazine rings is 1. The number of phenols is 1. The van der Waals surface area contributed by atoms with Crippen molar-refractivity contribution in [3.05, 3.63) is 29.8 Å². The van der Waals surface area contributed by atoms with Crippen molar-refractivity contribution in [3.63, 3.8) is 0 Å². The molecule has 1 fully saturated rings. The van der Waals surface area contributed by atoms with Crippen molar-refractivity contribution in [2.75, 3.05) is 39.0 Å². The Morgan fingerprint density at radius 2 is 1.70 bits per heavy atom. The van der Waals surface area contributed by atoms with E-state index in [1.54, 1.807) is 0 Å². The van der Waals surface area contributed by atoms with Crippen LogP contribution in [0.4, 0.5) is 0 Å². The Bertz CT molecular complexity index is 678. The van der Waals surface area contributed by atoms with Gasteiger partial charge in [-0.25, -0.2) is 13.2 Å². The highest BCUT2D eigenvalue weighted by Gasteiger charge is 2.26. The van der Waals surface area contributed by atoms with Crippen LogP contribution >= 0.6 is 0 Å². The molecule has 0 saturated carbocycles. The molecule has 0 atom stereocenters. The Labute approximate surface area is 134 Å². The lowest BCUT2D eigenvalue weighted by molar-refractivity contribution is -0.135. The van der Waals surface area contributed by atoms with Crippen LogP contribution in [-0.4, -0.2) is 73.6 Å². The van der Waals surface area contributed by atoms with Gasteiger partial charge in [0.05, 0.1) is 11.8 Å². The minimum absolute atomic E-state index is 0.0290. The molecular weight excluding hydrogens is 324 g/mol. The first-order valence-electron chi connectivity index (χ1n) is 6.96. The van der Waals surface area contributed by atoms with Gasteiger partial charge >= 0.3 is 5.97 Å². The maximum Gasteiger partial charge on any atom is 0.338 e. The van der Waals surface area contributed by atoms with Crippen LogP contribution in [0.15, 0.2) is 24.3 Å². The first-order valence-corrected chi connectivity index (χ1v) is 8.81. The van der Waals surface area contributed by atoms with Crippen molar-refractivity contribution in [2.45, 2.75) is 0 Å². The number of aromatic hydroxyl groups is 1. The van der Waals surface area contributed by atoms with Crippen LogP contribution in [0, 0.1) is 0 Å². The molecule has 0 spiro atoms. The normalized spacial score (nSPS) is 16.1. The van der Waals surface area contributed by atoms with Gasteiger partial charge in [0.15, 0.2) is 6.61 Å². The molecule has 23 heavy (non-hydrogen) atoms. The molecule has 0 bridgehead atoms. The average Bonchev–Trinajstić information content (AvgIpc) is 2.52. The van der Waals surface area contributed by atoms with Gasteiger partial charge in [-0.3, -0.25) is 4.79 Å². The fourth-order valence-corrected chi connectivity index (χ4v) is 3.00. The third-order valence-electron chi connectivity index (χ3n) is 3.49. The minimum Gasteiger partial charge on any atom is -0.508 e. The molecule has 0 aromatic heterocycles. The Hall–Kier alpha value is -2.13. The summed E-state index contributed by atoms with van der Waals surface area (Å²) >= 11 is 0. The molecule has 8 nitrogen and oxygen atoms in total. The number of carbonyl (C=O) groups excluding carboxylic acids is 2. The summed E-state index contributed by atoms with van der Waals surface area (Å²) in [7, 11) is -3.25. The number of carbonyl (C=O) groups is 2. The van der Waals surface area contributed by atoms with E-state index in [2.05, 4.69) is 0 Å². The molecule has 0 radical (unpaired) electrons. The van der Waals surface area contributed by atoms with Gasteiger partial charge in [-0.15, -0.1) is 0 Å². The maximum absolute atomic E-state index is 12.0. The molecule has 1 aromatic rings. The molecule has 1 aliphatic rings. The second-order valence-electron chi connectivity index (χ2n) is 5.17. The van der Waals surface area contributed by atoms with E-state index in [4.69, 9.17) is 9.84 Å². The monoisotopic (exact) mass is 342 g/mol. The zero-order chi connectivity index (χ0) is 17.0. The molecule has 2 rings (SSSR count). The number of rotatable bonds is 4. The molecule has 1 saturated heterocycles. The maximum atomic E-state index is 12.0. The molecule has 0 aliphatic carbocycles. The van der Waals surface area contributed by atoms with Gasteiger partial charge in [0.2, 0.25) is 10.0 Å². The largest absolute Gasteiger partial charge is 0.508 e. The van der Waals surface area contributed by atoms with E-state index in [0.717, 1.165) is 6.26 Å². The predicted octanol–water partition coefficient (Wildman–Crippen LogP) is -0.347. The highest BCUT2D eigenvalue weighted by atomic mass is 32.2. The summed E-state index contributed by atoms with van der Waals surface area (Å²) in [5.74, 6) is -1.00. The number of ether oxygens (including phenoxy) is 1. The lowest BCUT2D eigenvalue weighted by Crippen LogP contribution is -2.51. The second kappa shape index (κ2) is 6.97. The molecule has 1 amide bonds. The van der Waals surface area contributed by atoms with Gasteiger partial charge in [0.25, 0.3) is 5.91 Å². The molecule has 9 heteroatoms. The van der Waals surface area contributed by atoms with E-state index >= 15 is 0 Å². The fraction of sp³-hybridized carbons (Fsp3) is 0.429. The second-order valence-corrected chi connectivity index (χ2v) is 7.15. The van der Waals surface area contributed by atoms with Gasteiger partial charge < -0.3 is 14.7 Å². The number of hydrogen-bond donors (Lipinski definition) is 1. The SMILES string of the molecule is CS(=O)(=O)N1CCN(C(=O)COC(=O)c2ccc(O)cc2)CC1. The van der Waals surface area contributed by atoms with Crippen LogP contribution < -0.4 is 0 Å². The Morgan fingerprint density at radius 1 is 1.13 bits per heavy atom. The van der Waals surface area contributed by atoms with E-state index < -0.39 is 22.6 Å². The summed E-state index contributed by atoms with van der Waals surface area (Å²) in [5.41, 5.74) is 0.234. The van der Waals surface area contributed by atoms with Crippen molar-refractivity contribution < 1.29 is 27.9 Å². The quantitative estimate of drug-likeness (QED) is 0.750. The van der Waals surface area contributed by atoms with Crippen molar-refractivity contribution >= 4 is 21.9 Å². The van der Waals surface area contributed by atoms with Crippen LogP contribution in [-0.2, 0) is 19.6 Å². The van der Waals surface area contributed by atoms with Gasteiger partial charge in [0, 0.05) is 26.2 Å². The number of hydrogen-bond acceptors (Lipinski definition) is 6. The van der Waals surface area contributed by atoms with Crippen molar-refractivity contribution in [1.29, 1.82) is 0 Å². The summed E-state index contributed by atoms with van der Waals surface area (Å²) in [6.45, 7) is 0.594. The molecule has 1 N–H and O–H groups in total. The van der Waals surface area contributed by atoms with Gasteiger partial charge in [-0.1, -0.05) is 0 Å². The zero-order valence-corrected chi connectivity index (χ0v) is 13.5. The Kier molecular flexibility index (Phi) is 5.22. The number of benzene rings is 1. The topological polar surface area (TPSA) is 104 Å². The third kappa shape index (κ3) is 4.67. The number of amides is 1. The van der Waals surface area contributed by atoms with E-state index in [-0.39, 0.29) is 43.4 Å². The fourth-order valence-electron chi connectivity index (χ4n) is 2.17. The summed E-state index contributed by atoms with van der Waals surface area (Å²) in [6, 6.07) is 5.49. The predicted molar refractivity (Wildman–Crippen MR) is 81.4 cm³/mol. The lowest BCUT2D eigenvalue weighted by atomic mass is 10.2. The van der Waals surface area contributed by atoms with E-state index in [9.17, 15) is 18.0 Å². The van der Waals surface area contributed by atoms with Crippen molar-refractivity contribution in [1.82, 2.24) is 9.21 Å². The molecule has 1 heterocycles. The summed E-state index contributed by atoms with van der Waals surface area (Å²) in [6.07, 6.45) is 1.13. The highest BCUT2D eigenvalue weighted by Crippen LogP contribution is 2.11. The average molecular weight is 342 g/mol. The zero-order valence-electron chi connectivity index (χ0n) is 12.6. The smallest absolute Gasteiger partial charge is 0.338 e. The minimum atomic E-state index is -3.25. The first kappa shape index (κ1) is 17.2. The van der Waals surface area contributed by atoms with Gasteiger partial charge in [-0.05, 0) is 24.3 Å². The lowest BCUT2D eigenvalue weighted by Gasteiger charge is -2.33. The van der Waals surface area contributed by atoms with E-state index in [1.165, 1.54) is 33.5 Å². The van der Waals surface area contributed by atoms with Crippen molar-refractivity contribution in [2.24, 2.45) is 0 Å². The standard InChI is InChI=1S/C14H18N2O6S/c1-23(20,21)16-8-6-15(7-9-16)13(18)10-22-14(19)11-2-4-12(17)5-3-11/h2-5,17H,6-10H2,1H3. The van der Waals surface area contributed by atoms with Crippen LogP contribution in [0.25, 0.3) is 0 Å². The Morgan fingerprint density at radius 3 is 2.22 bits per heavy atom. The highest BCUT2D eigenvalue weighted by molar-refractivity contribution is 7.88. The molecule has 0 unspecified atom stereocenters. The van der Waals surface area contributed by atoms with Gasteiger partial charge in [0.1, 0.15) is 5.75 Å². The molecular formula is C14H18N2O6S. The number of nitrogens with zero attached hydrogens (tertiary/aromatic N) is 2.